The fourth-order valence-electron chi connectivity index (χ4n) is 1.99. The number of nitrogens with one attached hydrogen (secondary N) is 2. The second-order valence-electron chi connectivity index (χ2n) is 4.44. The summed E-state index contributed by atoms with van der Waals surface area (Å²) in [6, 6.07) is 12.6. The van der Waals surface area contributed by atoms with Crippen LogP contribution in [0.1, 0.15) is 10.5 Å². The van der Waals surface area contributed by atoms with Gasteiger partial charge in [-0.05, 0) is 36.4 Å². The maximum atomic E-state index is 12.2. The first-order valence-corrected chi connectivity index (χ1v) is 6.35. The number of nitrogens with two attached hydrogens (primary N) is 1. The molecule has 1 aromatic carbocycles. The highest BCUT2D eigenvalue weighted by Gasteiger charge is 2.08. The molecule has 0 saturated carbocycles. The monoisotopic (exact) mass is 279 g/mol. The Morgan fingerprint density at radius 1 is 1.00 bits per heavy atom. The number of amides is 1. The van der Waals surface area contributed by atoms with Crippen LogP contribution in [0.2, 0.25) is 0 Å². The van der Waals surface area contributed by atoms with E-state index in [9.17, 15) is 4.79 Å². The van der Waals surface area contributed by atoms with Crippen molar-refractivity contribution in [1.82, 2.24) is 9.97 Å². The van der Waals surface area contributed by atoms with Crippen LogP contribution in [0.4, 0.5) is 11.4 Å². The normalized spacial score (nSPS) is 10.3. The number of hydrogen-bond donors (Lipinski definition) is 3. The number of nitrogens with zero attached hydrogens (tertiary/aromatic N) is 2. The van der Waals surface area contributed by atoms with Crippen molar-refractivity contribution in [2.24, 2.45) is 5.84 Å². The van der Waals surface area contributed by atoms with Crippen LogP contribution in [0.25, 0.3) is 10.9 Å². The van der Waals surface area contributed by atoms with Gasteiger partial charge in [0.25, 0.3) is 5.91 Å². The van der Waals surface area contributed by atoms with E-state index in [1.165, 1.54) is 6.20 Å². The van der Waals surface area contributed by atoms with Crippen LogP contribution in [-0.4, -0.2) is 15.9 Å². The Morgan fingerprint density at radius 2 is 1.90 bits per heavy atom. The molecule has 21 heavy (non-hydrogen) atoms. The molecule has 2 aromatic heterocycles. The minimum atomic E-state index is -0.296. The Balaban J connectivity index is 1.85. The Bertz CT molecular complexity index is 803. The molecule has 3 aromatic rings. The summed E-state index contributed by atoms with van der Waals surface area (Å²) in [5.41, 5.74) is 4.96. The van der Waals surface area contributed by atoms with E-state index < -0.39 is 0 Å². The summed E-state index contributed by atoms with van der Waals surface area (Å²) in [4.78, 5) is 20.4. The molecule has 0 aliphatic rings. The number of benzene rings is 1. The van der Waals surface area contributed by atoms with Gasteiger partial charge in [0.05, 0.1) is 11.2 Å². The molecule has 3 rings (SSSR count). The average molecular weight is 279 g/mol. The number of carbonyl (C=O) groups is 1. The zero-order valence-electron chi connectivity index (χ0n) is 11.1. The molecule has 0 radical (unpaired) electrons. The van der Waals surface area contributed by atoms with E-state index in [0.717, 1.165) is 10.9 Å². The predicted molar refractivity (Wildman–Crippen MR) is 81.7 cm³/mol. The Kier molecular flexibility index (Phi) is 3.44. The molecule has 2 heterocycles. The first-order chi connectivity index (χ1) is 10.3. The molecule has 0 bridgehead atoms. The lowest BCUT2D eigenvalue weighted by atomic mass is 10.2. The number of hydrazine groups is 1. The van der Waals surface area contributed by atoms with Crippen LogP contribution in [0, 0.1) is 0 Å². The van der Waals surface area contributed by atoms with Crippen molar-refractivity contribution in [1.29, 1.82) is 0 Å². The summed E-state index contributed by atoms with van der Waals surface area (Å²) in [7, 11) is 0. The van der Waals surface area contributed by atoms with E-state index >= 15 is 0 Å². The fourth-order valence-corrected chi connectivity index (χ4v) is 1.99. The standard InChI is InChI=1S/C15H13N5O/c16-20-12-5-7-18-14(9-12)15(21)19-11-3-4-13-10(8-11)2-1-6-17-13/h1-9H,16H2,(H,18,20)(H,19,21). The van der Waals surface area contributed by atoms with Crippen LogP contribution < -0.4 is 16.6 Å². The number of pyridine rings is 2. The molecule has 1 amide bonds. The quantitative estimate of drug-likeness (QED) is 0.504. The van der Waals surface area contributed by atoms with Crippen molar-refractivity contribution in [2.45, 2.75) is 0 Å². The SMILES string of the molecule is NNc1ccnc(C(=O)Nc2ccc3ncccc3c2)c1. The zero-order valence-corrected chi connectivity index (χ0v) is 11.1. The Morgan fingerprint density at radius 3 is 2.76 bits per heavy atom. The maximum absolute atomic E-state index is 12.2. The molecular formula is C15H13N5O. The van der Waals surface area contributed by atoms with Crippen molar-refractivity contribution in [3.63, 3.8) is 0 Å². The van der Waals surface area contributed by atoms with Gasteiger partial charge >= 0.3 is 0 Å². The third-order valence-corrected chi connectivity index (χ3v) is 3.02. The zero-order chi connectivity index (χ0) is 14.7. The highest BCUT2D eigenvalue weighted by molar-refractivity contribution is 6.04. The highest BCUT2D eigenvalue weighted by atomic mass is 16.1. The van der Waals surface area contributed by atoms with Crippen molar-refractivity contribution in [3.05, 3.63) is 60.6 Å². The van der Waals surface area contributed by atoms with E-state index in [4.69, 9.17) is 5.84 Å². The molecule has 0 fully saturated rings. The molecular weight excluding hydrogens is 266 g/mol. The van der Waals surface area contributed by atoms with E-state index in [1.807, 2.05) is 24.3 Å². The second kappa shape index (κ2) is 5.56. The van der Waals surface area contributed by atoms with Gasteiger partial charge in [-0.2, -0.15) is 0 Å². The molecule has 0 saturated heterocycles. The van der Waals surface area contributed by atoms with Crippen molar-refractivity contribution in [3.8, 4) is 0 Å². The van der Waals surface area contributed by atoms with Crippen molar-refractivity contribution >= 4 is 28.2 Å². The summed E-state index contributed by atoms with van der Waals surface area (Å²) in [6.45, 7) is 0. The lowest BCUT2D eigenvalue weighted by molar-refractivity contribution is 0.102. The van der Waals surface area contributed by atoms with Gasteiger partial charge in [0.2, 0.25) is 0 Å². The van der Waals surface area contributed by atoms with Crippen molar-refractivity contribution in [2.75, 3.05) is 10.7 Å². The van der Waals surface area contributed by atoms with E-state index in [-0.39, 0.29) is 11.6 Å². The summed E-state index contributed by atoms with van der Waals surface area (Å²) >= 11 is 0. The van der Waals surface area contributed by atoms with E-state index in [1.54, 1.807) is 24.4 Å². The van der Waals surface area contributed by atoms with Gasteiger partial charge in [0.1, 0.15) is 5.69 Å². The molecule has 0 aliphatic carbocycles. The lowest BCUT2D eigenvalue weighted by Gasteiger charge is -2.07. The van der Waals surface area contributed by atoms with Crippen LogP contribution in [0.15, 0.2) is 54.9 Å². The highest BCUT2D eigenvalue weighted by Crippen LogP contribution is 2.17. The third kappa shape index (κ3) is 2.80. The first-order valence-electron chi connectivity index (χ1n) is 6.35. The predicted octanol–water partition coefficient (Wildman–Crippen LogP) is 2.17. The molecule has 0 aliphatic heterocycles. The number of aromatic nitrogens is 2. The number of nitrogen functional groups attached to an aromatic ring is 1. The number of rotatable bonds is 3. The molecule has 6 nitrogen and oxygen atoms in total. The summed E-state index contributed by atoms with van der Waals surface area (Å²) in [5, 5.41) is 3.76. The summed E-state index contributed by atoms with van der Waals surface area (Å²) in [5.74, 6) is 5.02. The number of carbonyl (C=O) groups excluding carboxylic acids is 1. The summed E-state index contributed by atoms with van der Waals surface area (Å²) in [6.07, 6.45) is 3.25. The van der Waals surface area contributed by atoms with E-state index in [2.05, 4.69) is 20.7 Å². The molecule has 0 atom stereocenters. The first kappa shape index (κ1) is 13.0. The van der Waals surface area contributed by atoms with Gasteiger partial charge in [-0.25, -0.2) is 0 Å². The van der Waals surface area contributed by atoms with Crippen LogP contribution in [0.5, 0.6) is 0 Å². The molecule has 0 unspecified atom stereocenters. The lowest BCUT2D eigenvalue weighted by Crippen LogP contribution is -2.15. The molecule has 6 heteroatoms. The molecule has 0 spiro atoms. The summed E-state index contributed by atoms with van der Waals surface area (Å²) < 4.78 is 0. The number of fused-ring (bicyclic) bond motifs is 1. The Hall–Kier alpha value is -2.99. The topological polar surface area (TPSA) is 92.9 Å². The molecule has 4 N–H and O–H groups in total. The van der Waals surface area contributed by atoms with Crippen molar-refractivity contribution < 1.29 is 4.79 Å². The maximum Gasteiger partial charge on any atom is 0.274 e. The smallest absolute Gasteiger partial charge is 0.274 e. The minimum Gasteiger partial charge on any atom is -0.324 e. The fraction of sp³-hybridized carbons (Fsp3) is 0. The average Bonchev–Trinajstić information content (AvgIpc) is 2.54. The third-order valence-electron chi connectivity index (χ3n) is 3.02. The van der Waals surface area contributed by atoms with Crippen LogP contribution >= 0.6 is 0 Å². The van der Waals surface area contributed by atoms with Crippen LogP contribution in [-0.2, 0) is 0 Å². The Labute approximate surface area is 121 Å². The van der Waals surface area contributed by atoms with Gasteiger partial charge in [0.15, 0.2) is 0 Å². The largest absolute Gasteiger partial charge is 0.324 e. The van der Waals surface area contributed by atoms with E-state index in [0.29, 0.717) is 11.4 Å². The van der Waals surface area contributed by atoms with Gasteiger partial charge in [-0.3, -0.25) is 20.6 Å². The number of hydrogen-bond acceptors (Lipinski definition) is 5. The van der Waals surface area contributed by atoms with Gasteiger partial charge < -0.3 is 10.7 Å². The molecule has 104 valence electrons. The second-order valence-corrected chi connectivity index (χ2v) is 4.44. The minimum absolute atomic E-state index is 0.289. The van der Waals surface area contributed by atoms with Crippen LogP contribution in [0.3, 0.4) is 0 Å². The number of anilines is 2. The van der Waals surface area contributed by atoms with Gasteiger partial charge in [-0.1, -0.05) is 6.07 Å². The van der Waals surface area contributed by atoms with Gasteiger partial charge in [0, 0.05) is 23.5 Å². The van der Waals surface area contributed by atoms with Gasteiger partial charge in [-0.15, -0.1) is 0 Å².